The second-order valence-corrected chi connectivity index (χ2v) is 4.93. The number of carbonyl (C=O) groups excluding carboxylic acids is 1. The Morgan fingerprint density at radius 3 is 3.06 bits per heavy atom. The van der Waals surface area contributed by atoms with E-state index in [2.05, 4.69) is 5.32 Å². The molecule has 1 aromatic carbocycles. The van der Waals surface area contributed by atoms with Gasteiger partial charge in [0.25, 0.3) is 0 Å². The van der Waals surface area contributed by atoms with Crippen molar-refractivity contribution in [1.82, 2.24) is 5.32 Å². The van der Waals surface area contributed by atoms with Gasteiger partial charge in [0.1, 0.15) is 6.04 Å². The van der Waals surface area contributed by atoms with E-state index in [0.717, 1.165) is 37.2 Å². The molecule has 0 aromatic heterocycles. The Labute approximate surface area is 107 Å². The Balaban J connectivity index is 1.73. The lowest BCUT2D eigenvalue weighted by atomic mass is 10.1. The molecule has 0 bridgehead atoms. The molecule has 96 valence electrons. The summed E-state index contributed by atoms with van der Waals surface area (Å²) in [5.41, 5.74) is 2.08. The highest BCUT2D eigenvalue weighted by Crippen LogP contribution is 2.34. The van der Waals surface area contributed by atoms with Crippen molar-refractivity contribution in [3.8, 4) is 0 Å². The molecular formula is C14H18N2O2. The average Bonchev–Trinajstić information content (AvgIpc) is 2.98. The minimum Gasteiger partial charge on any atom is -0.377 e. The first kappa shape index (κ1) is 11.7. The van der Waals surface area contributed by atoms with Gasteiger partial charge in [-0.3, -0.25) is 10.1 Å². The quantitative estimate of drug-likeness (QED) is 0.878. The van der Waals surface area contributed by atoms with Crippen LogP contribution in [0.3, 0.4) is 0 Å². The van der Waals surface area contributed by atoms with E-state index in [9.17, 15) is 4.79 Å². The standard InChI is InChI=1S/C14H18N2O2/c1-16-12-7-3-2-6-11(12)13(14(16)17)15-9-10-5-4-8-18-10/h2-3,6-7,10,13,15H,4-5,8-9H2,1H3. The number of ether oxygens (including phenoxy) is 1. The van der Waals surface area contributed by atoms with Crippen LogP contribution in [-0.4, -0.2) is 32.2 Å². The number of nitrogens with one attached hydrogen (secondary N) is 1. The molecule has 4 nitrogen and oxygen atoms in total. The van der Waals surface area contributed by atoms with E-state index in [4.69, 9.17) is 4.74 Å². The number of fused-ring (bicyclic) bond motifs is 1. The largest absolute Gasteiger partial charge is 0.377 e. The van der Waals surface area contributed by atoms with E-state index in [1.54, 1.807) is 4.90 Å². The Morgan fingerprint density at radius 1 is 1.44 bits per heavy atom. The van der Waals surface area contributed by atoms with Gasteiger partial charge in [-0.25, -0.2) is 0 Å². The highest BCUT2D eigenvalue weighted by molar-refractivity contribution is 6.04. The summed E-state index contributed by atoms with van der Waals surface area (Å²) < 4.78 is 5.58. The van der Waals surface area contributed by atoms with Gasteiger partial charge in [0, 0.05) is 31.5 Å². The van der Waals surface area contributed by atoms with Crippen molar-refractivity contribution in [2.24, 2.45) is 0 Å². The first-order chi connectivity index (χ1) is 8.77. The van der Waals surface area contributed by atoms with E-state index in [1.807, 2.05) is 31.3 Å². The fraction of sp³-hybridized carbons (Fsp3) is 0.500. The molecule has 0 saturated carbocycles. The van der Waals surface area contributed by atoms with E-state index < -0.39 is 0 Å². The number of carbonyl (C=O) groups is 1. The van der Waals surface area contributed by atoms with Crippen LogP contribution in [0.4, 0.5) is 5.69 Å². The molecule has 2 atom stereocenters. The lowest BCUT2D eigenvalue weighted by Crippen LogP contribution is -2.36. The number of para-hydroxylation sites is 1. The van der Waals surface area contributed by atoms with Crippen LogP contribution in [0.15, 0.2) is 24.3 Å². The molecule has 2 heterocycles. The highest BCUT2D eigenvalue weighted by atomic mass is 16.5. The number of rotatable bonds is 3. The number of likely N-dealkylation sites (N-methyl/N-ethyl adjacent to an activating group) is 1. The van der Waals surface area contributed by atoms with Crippen molar-refractivity contribution in [2.75, 3.05) is 25.1 Å². The second-order valence-electron chi connectivity index (χ2n) is 4.93. The van der Waals surface area contributed by atoms with Crippen LogP contribution in [0.2, 0.25) is 0 Å². The topological polar surface area (TPSA) is 41.6 Å². The summed E-state index contributed by atoms with van der Waals surface area (Å²) in [4.78, 5) is 13.9. The minimum atomic E-state index is -0.213. The maximum atomic E-state index is 12.2. The lowest BCUT2D eigenvalue weighted by Gasteiger charge is -2.16. The van der Waals surface area contributed by atoms with Crippen molar-refractivity contribution < 1.29 is 9.53 Å². The van der Waals surface area contributed by atoms with Crippen molar-refractivity contribution in [2.45, 2.75) is 25.0 Å². The summed E-state index contributed by atoms with van der Waals surface area (Å²) in [6.45, 7) is 1.60. The number of hydrogen-bond donors (Lipinski definition) is 1. The van der Waals surface area contributed by atoms with Gasteiger partial charge in [0.15, 0.2) is 0 Å². The fourth-order valence-corrected chi connectivity index (χ4v) is 2.73. The predicted octanol–water partition coefficient (Wildman–Crippen LogP) is 1.47. The first-order valence-electron chi connectivity index (χ1n) is 6.49. The van der Waals surface area contributed by atoms with E-state index >= 15 is 0 Å². The zero-order chi connectivity index (χ0) is 12.5. The van der Waals surface area contributed by atoms with Crippen LogP contribution in [0, 0.1) is 0 Å². The van der Waals surface area contributed by atoms with Crippen LogP contribution < -0.4 is 10.2 Å². The summed E-state index contributed by atoms with van der Waals surface area (Å²) >= 11 is 0. The van der Waals surface area contributed by atoms with Gasteiger partial charge in [-0.15, -0.1) is 0 Å². The van der Waals surface area contributed by atoms with Gasteiger partial charge < -0.3 is 9.64 Å². The minimum absolute atomic E-state index is 0.120. The number of anilines is 1. The molecule has 3 rings (SSSR count). The van der Waals surface area contributed by atoms with E-state index in [1.165, 1.54) is 0 Å². The zero-order valence-electron chi connectivity index (χ0n) is 10.6. The molecule has 1 aromatic rings. The van der Waals surface area contributed by atoms with Crippen molar-refractivity contribution >= 4 is 11.6 Å². The molecule has 1 fully saturated rings. The number of amides is 1. The van der Waals surface area contributed by atoms with Gasteiger partial charge in [0.2, 0.25) is 5.91 Å². The first-order valence-corrected chi connectivity index (χ1v) is 6.49. The SMILES string of the molecule is CN1C(=O)C(NCC2CCCO2)c2ccccc21. The fourth-order valence-electron chi connectivity index (χ4n) is 2.73. The third kappa shape index (κ3) is 1.91. The normalized spacial score (nSPS) is 26.7. The maximum absolute atomic E-state index is 12.2. The summed E-state index contributed by atoms with van der Waals surface area (Å²) in [5.74, 6) is 0.120. The van der Waals surface area contributed by atoms with Crippen LogP contribution in [0.5, 0.6) is 0 Å². The highest BCUT2D eigenvalue weighted by Gasteiger charge is 2.34. The van der Waals surface area contributed by atoms with Crippen LogP contribution in [-0.2, 0) is 9.53 Å². The lowest BCUT2D eigenvalue weighted by molar-refractivity contribution is -0.119. The Bertz CT molecular complexity index is 455. The zero-order valence-corrected chi connectivity index (χ0v) is 10.6. The van der Waals surface area contributed by atoms with Crippen molar-refractivity contribution in [3.05, 3.63) is 29.8 Å². The van der Waals surface area contributed by atoms with Gasteiger partial charge in [0.05, 0.1) is 6.10 Å². The monoisotopic (exact) mass is 246 g/mol. The van der Waals surface area contributed by atoms with Crippen molar-refractivity contribution in [3.63, 3.8) is 0 Å². The Morgan fingerprint density at radius 2 is 2.28 bits per heavy atom. The molecule has 2 unspecified atom stereocenters. The summed E-state index contributed by atoms with van der Waals surface area (Å²) in [6, 6.07) is 7.73. The molecule has 4 heteroatoms. The van der Waals surface area contributed by atoms with Crippen LogP contribution in [0.1, 0.15) is 24.4 Å². The molecule has 18 heavy (non-hydrogen) atoms. The number of benzene rings is 1. The van der Waals surface area contributed by atoms with Crippen LogP contribution >= 0.6 is 0 Å². The summed E-state index contributed by atoms with van der Waals surface area (Å²) in [7, 11) is 1.83. The second kappa shape index (κ2) is 4.71. The number of nitrogens with zero attached hydrogens (tertiary/aromatic N) is 1. The third-order valence-corrected chi connectivity index (χ3v) is 3.76. The number of hydrogen-bond acceptors (Lipinski definition) is 3. The molecule has 1 N–H and O–H groups in total. The maximum Gasteiger partial charge on any atom is 0.248 e. The molecule has 2 aliphatic rings. The van der Waals surface area contributed by atoms with Gasteiger partial charge in [-0.2, -0.15) is 0 Å². The van der Waals surface area contributed by atoms with Crippen LogP contribution in [0.25, 0.3) is 0 Å². The van der Waals surface area contributed by atoms with E-state index in [-0.39, 0.29) is 18.1 Å². The molecule has 0 spiro atoms. The smallest absolute Gasteiger partial charge is 0.248 e. The molecule has 2 aliphatic heterocycles. The van der Waals surface area contributed by atoms with Gasteiger partial charge in [-0.1, -0.05) is 18.2 Å². The van der Waals surface area contributed by atoms with Gasteiger partial charge >= 0.3 is 0 Å². The molecule has 0 aliphatic carbocycles. The van der Waals surface area contributed by atoms with Crippen molar-refractivity contribution in [1.29, 1.82) is 0 Å². The molecule has 1 amide bonds. The molecule has 0 radical (unpaired) electrons. The molecular weight excluding hydrogens is 228 g/mol. The van der Waals surface area contributed by atoms with E-state index in [0.29, 0.717) is 0 Å². The summed E-state index contributed by atoms with van der Waals surface area (Å²) in [5, 5.41) is 3.34. The third-order valence-electron chi connectivity index (χ3n) is 3.76. The average molecular weight is 246 g/mol. The summed E-state index contributed by atoms with van der Waals surface area (Å²) in [6.07, 6.45) is 2.48. The predicted molar refractivity (Wildman–Crippen MR) is 69.6 cm³/mol. The Hall–Kier alpha value is -1.39. The molecule has 1 saturated heterocycles. The Kier molecular flexibility index (Phi) is 3.06. The van der Waals surface area contributed by atoms with Gasteiger partial charge in [-0.05, 0) is 18.9 Å².